The Morgan fingerprint density at radius 3 is 3.00 bits per heavy atom. The predicted octanol–water partition coefficient (Wildman–Crippen LogP) is 2.60. The summed E-state index contributed by atoms with van der Waals surface area (Å²) in [5.41, 5.74) is 0.698. The monoisotopic (exact) mass is 278 g/mol. The highest BCUT2D eigenvalue weighted by atomic mass is 32.2. The lowest BCUT2D eigenvalue weighted by atomic mass is 10.1. The standard InChI is InChI=1S/C14H15FN2OS/c15-12-7-10(8-16)4-5-11(12)9-17-14(18)13-3-1-2-6-19-13/h4-5,7,13H,1-3,6,9H2,(H,17,18). The van der Waals surface area contributed by atoms with Gasteiger partial charge in [-0.05, 0) is 30.7 Å². The number of rotatable bonds is 3. The first kappa shape index (κ1) is 13.9. The number of halogens is 1. The lowest BCUT2D eigenvalue weighted by molar-refractivity contribution is -0.120. The van der Waals surface area contributed by atoms with Crippen molar-refractivity contribution in [1.82, 2.24) is 5.32 Å². The molecule has 0 saturated carbocycles. The van der Waals surface area contributed by atoms with Crippen molar-refractivity contribution in [3.8, 4) is 6.07 Å². The van der Waals surface area contributed by atoms with Crippen molar-refractivity contribution in [1.29, 1.82) is 5.26 Å². The highest BCUT2D eigenvalue weighted by Crippen LogP contribution is 2.25. The molecule has 0 spiro atoms. The van der Waals surface area contributed by atoms with Crippen LogP contribution in [0.5, 0.6) is 0 Å². The number of hydrogen-bond acceptors (Lipinski definition) is 3. The molecule has 1 heterocycles. The molecule has 1 aliphatic rings. The third kappa shape index (κ3) is 3.71. The Hall–Kier alpha value is -1.54. The van der Waals surface area contributed by atoms with E-state index in [2.05, 4.69) is 5.32 Å². The molecule has 2 rings (SSSR count). The number of carbonyl (C=O) groups excluding carboxylic acids is 1. The van der Waals surface area contributed by atoms with E-state index < -0.39 is 5.82 Å². The average molecular weight is 278 g/mol. The van der Waals surface area contributed by atoms with Gasteiger partial charge in [-0.3, -0.25) is 4.79 Å². The van der Waals surface area contributed by atoms with Crippen molar-refractivity contribution in [2.75, 3.05) is 5.75 Å². The number of carbonyl (C=O) groups is 1. The van der Waals surface area contributed by atoms with Gasteiger partial charge in [0.15, 0.2) is 0 Å². The Bertz CT molecular complexity index is 507. The number of nitriles is 1. The van der Waals surface area contributed by atoms with E-state index in [0.717, 1.165) is 18.6 Å². The molecule has 100 valence electrons. The molecule has 19 heavy (non-hydrogen) atoms. The van der Waals surface area contributed by atoms with Gasteiger partial charge in [0.05, 0.1) is 16.9 Å². The minimum atomic E-state index is -0.448. The first-order valence-electron chi connectivity index (χ1n) is 6.28. The first-order valence-corrected chi connectivity index (χ1v) is 7.33. The van der Waals surface area contributed by atoms with Gasteiger partial charge in [-0.1, -0.05) is 12.5 Å². The number of amides is 1. The summed E-state index contributed by atoms with van der Waals surface area (Å²) in [5, 5.41) is 11.4. The minimum absolute atomic E-state index is 0.00445. The zero-order chi connectivity index (χ0) is 13.7. The van der Waals surface area contributed by atoms with Gasteiger partial charge < -0.3 is 5.32 Å². The van der Waals surface area contributed by atoms with Crippen LogP contribution in [0.25, 0.3) is 0 Å². The van der Waals surface area contributed by atoms with Gasteiger partial charge in [0.2, 0.25) is 5.91 Å². The van der Waals surface area contributed by atoms with Crippen LogP contribution in [0.15, 0.2) is 18.2 Å². The van der Waals surface area contributed by atoms with Crippen molar-refractivity contribution < 1.29 is 9.18 Å². The third-order valence-electron chi connectivity index (χ3n) is 3.11. The molecular formula is C14H15FN2OS. The van der Waals surface area contributed by atoms with Crippen LogP contribution in [0.2, 0.25) is 0 Å². The molecule has 0 radical (unpaired) electrons. The first-order chi connectivity index (χ1) is 9.20. The second-order valence-corrected chi connectivity index (χ2v) is 5.80. The maximum atomic E-state index is 13.6. The van der Waals surface area contributed by atoms with Crippen molar-refractivity contribution in [2.24, 2.45) is 0 Å². The summed E-state index contributed by atoms with van der Waals surface area (Å²) in [4.78, 5) is 11.9. The molecule has 1 unspecified atom stereocenters. The molecule has 1 aromatic rings. The Balaban J connectivity index is 1.91. The summed E-state index contributed by atoms with van der Waals surface area (Å²) in [6.45, 7) is 0.174. The summed E-state index contributed by atoms with van der Waals surface area (Å²) >= 11 is 1.67. The highest BCUT2D eigenvalue weighted by molar-refractivity contribution is 8.00. The molecule has 0 aromatic heterocycles. The molecule has 1 fully saturated rings. The summed E-state index contributed by atoms with van der Waals surface area (Å²) in [7, 11) is 0. The quantitative estimate of drug-likeness (QED) is 0.924. The molecule has 0 aliphatic carbocycles. The molecule has 1 N–H and O–H groups in total. The molecule has 3 nitrogen and oxygen atoms in total. The second-order valence-electron chi connectivity index (χ2n) is 4.49. The summed E-state index contributed by atoms with van der Waals surface area (Å²) < 4.78 is 13.6. The Morgan fingerprint density at radius 1 is 1.53 bits per heavy atom. The van der Waals surface area contributed by atoms with Crippen LogP contribution >= 0.6 is 11.8 Å². The largest absolute Gasteiger partial charge is 0.351 e. The van der Waals surface area contributed by atoms with E-state index in [1.807, 2.05) is 6.07 Å². The van der Waals surface area contributed by atoms with Gasteiger partial charge in [0, 0.05) is 12.1 Å². The topological polar surface area (TPSA) is 52.9 Å². The number of nitrogens with zero attached hydrogens (tertiary/aromatic N) is 1. The van der Waals surface area contributed by atoms with Crippen molar-refractivity contribution >= 4 is 17.7 Å². The van der Waals surface area contributed by atoms with Gasteiger partial charge in [0.1, 0.15) is 5.82 Å². The molecular weight excluding hydrogens is 263 g/mol. The van der Waals surface area contributed by atoms with Crippen LogP contribution in [-0.4, -0.2) is 16.9 Å². The van der Waals surface area contributed by atoms with Crippen molar-refractivity contribution in [3.05, 3.63) is 35.1 Å². The lowest BCUT2D eigenvalue weighted by Crippen LogP contribution is -2.33. The zero-order valence-electron chi connectivity index (χ0n) is 10.5. The predicted molar refractivity (Wildman–Crippen MR) is 73.1 cm³/mol. The Morgan fingerprint density at radius 2 is 2.37 bits per heavy atom. The van der Waals surface area contributed by atoms with Crippen LogP contribution in [0.3, 0.4) is 0 Å². The van der Waals surface area contributed by atoms with Gasteiger partial charge in [-0.25, -0.2) is 4.39 Å². The maximum Gasteiger partial charge on any atom is 0.233 e. The molecule has 1 aromatic carbocycles. The minimum Gasteiger partial charge on any atom is -0.351 e. The van der Waals surface area contributed by atoms with Crippen molar-refractivity contribution in [3.63, 3.8) is 0 Å². The fraction of sp³-hybridized carbons (Fsp3) is 0.429. The fourth-order valence-corrected chi connectivity index (χ4v) is 3.23. The SMILES string of the molecule is N#Cc1ccc(CNC(=O)C2CCCCS2)c(F)c1. The van der Waals surface area contributed by atoms with Gasteiger partial charge >= 0.3 is 0 Å². The molecule has 1 aliphatic heterocycles. The van der Waals surface area contributed by atoms with Crippen LogP contribution < -0.4 is 5.32 Å². The van der Waals surface area contributed by atoms with E-state index >= 15 is 0 Å². The molecule has 0 bridgehead atoms. The molecule has 1 amide bonds. The summed E-state index contributed by atoms with van der Waals surface area (Å²) in [6.07, 6.45) is 3.14. The number of hydrogen-bond donors (Lipinski definition) is 1. The normalized spacial score (nSPS) is 18.6. The molecule has 1 atom stereocenters. The van der Waals surface area contributed by atoms with E-state index in [0.29, 0.717) is 5.56 Å². The number of thioether (sulfide) groups is 1. The van der Waals surface area contributed by atoms with Gasteiger partial charge in [0.25, 0.3) is 0 Å². The van der Waals surface area contributed by atoms with E-state index in [4.69, 9.17) is 5.26 Å². The summed E-state index contributed by atoms with van der Waals surface area (Å²) in [5.74, 6) is 0.549. The Kier molecular flexibility index (Phi) is 4.80. The fourth-order valence-electron chi connectivity index (χ4n) is 2.00. The maximum absolute atomic E-state index is 13.6. The van der Waals surface area contributed by atoms with E-state index in [9.17, 15) is 9.18 Å². The average Bonchev–Trinajstić information content (AvgIpc) is 2.46. The summed E-state index contributed by atoms with van der Waals surface area (Å²) in [6, 6.07) is 6.17. The zero-order valence-corrected chi connectivity index (χ0v) is 11.3. The molecule has 5 heteroatoms. The van der Waals surface area contributed by atoms with Crippen LogP contribution in [0.4, 0.5) is 4.39 Å². The number of benzene rings is 1. The van der Waals surface area contributed by atoms with Gasteiger partial charge in [-0.2, -0.15) is 5.26 Å². The third-order valence-corrected chi connectivity index (χ3v) is 4.48. The van der Waals surface area contributed by atoms with E-state index in [-0.39, 0.29) is 23.3 Å². The van der Waals surface area contributed by atoms with Crippen LogP contribution in [-0.2, 0) is 11.3 Å². The molecule has 1 saturated heterocycles. The smallest absolute Gasteiger partial charge is 0.233 e. The van der Waals surface area contributed by atoms with Crippen molar-refractivity contribution in [2.45, 2.75) is 31.1 Å². The Labute approximate surface area is 116 Å². The van der Waals surface area contributed by atoms with E-state index in [1.54, 1.807) is 23.9 Å². The number of nitrogens with one attached hydrogen (secondary N) is 1. The van der Waals surface area contributed by atoms with Crippen LogP contribution in [0.1, 0.15) is 30.4 Å². The lowest BCUT2D eigenvalue weighted by Gasteiger charge is -2.20. The van der Waals surface area contributed by atoms with Gasteiger partial charge in [-0.15, -0.1) is 11.8 Å². The van der Waals surface area contributed by atoms with Crippen LogP contribution in [0, 0.1) is 17.1 Å². The highest BCUT2D eigenvalue weighted by Gasteiger charge is 2.21. The van der Waals surface area contributed by atoms with E-state index in [1.165, 1.54) is 12.5 Å². The second kappa shape index (κ2) is 6.58.